The van der Waals surface area contributed by atoms with E-state index in [2.05, 4.69) is 0 Å². The van der Waals surface area contributed by atoms with Gasteiger partial charge < -0.3 is 14.2 Å². The van der Waals surface area contributed by atoms with E-state index in [4.69, 9.17) is 14.2 Å². The molecule has 0 spiro atoms. The van der Waals surface area contributed by atoms with Crippen LogP contribution in [0.3, 0.4) is 0 Å². The van der Waals surface area contributed by atoms with Gasteiger partial charge in [0.2, 0.25) is 6.79 Å². The van der Waals surface area contributed by atoms with Crippen molar-refractivity contribution in [1.82, 2.24) is 0 Å². The van der Waals surface area contributed by atoms with Crippen molar-refractivity contribution in [2.75, 3.05) is 24.9 Å². The molecule has 1 heterocycles. The highest BCUT2D eigenvalue weighted by atomic mass is 32.2. The van der Waals surface area contributed by atoms with E-state index in [9.17, 15) is 13.2 Å². The molecule has 0 atom stereocenters. The Morgan fingerprint density at radius 1 is 1.30 bits per heavy atom. The van der Waals surface area contributed by atoms with Gasteiger partial charge in [0.05, 0.1) is 17.9 Å². The third-order valence-electron chi connectivity index (χ3n) is 2.93. The lowest BCUT2D eigenvalue weighted by atomic mass is 10.2. The van der Waals surface area contributed by atoms with Crippen LogP contribution in [0.2, 0.25) is 0 Å². The first-order valence-corrected chi connectivity index (χ1v) is 8.10. The SMILES string of the molecule is CCS(=O)(=O)CCCOc1cc2c(cc1C=O)OCO2. The van der Waals surface area contributed by atoms with E-state index in [1.165, 1.54) is 0 Å². The van der Waals surface area contributed by atoms with Crippen molar-refractivity contribution in [3.63, 3.8) is 0 Å². The summed E-state index contributed by atoms with van der Waals surface area (Å²) >= 11 is 0. The molecule has 110 valence electrons. The first kappa shape index (κ1) is 14.6. The first-order valence-electron chi connectivity index (χ1n) is 6.28. The minimum Gasteiger partial charge on any atom is -0.493 e. The second-order valence-electron chi connectivity index (χ2n) is 4.30. The van der Waals surface area contributed by atoms with E-state index < -0.39 is 9.84 Å². The Labute approximate surface area is 117 Å². The highest BCUT2D eigenvalue weighted by molar-refractivity contribution is 7.91. The van der Waals surface area contributed by atoms with Crippen LogP contribution in [0.15, 0.2) is 12.1 Å². The smallest absolute Gasteiger partial charge is 0.231 e. The number of sulfone groups is 1. The molecule has 0 aliphatic carbocycles. The van der Waals surface area contributed by atoms with Crippen molar-refractivity contribution in [3.05, 3.63) is 17.7 Å². The van der Waals surface area contributed by atoms with E-state index in [1.54, 1.807) is 19.1 Å². The van der Waals surface area contributed by atoms with Gasteiger partial charge in [-0.25, -0.2) is 8.42 Å². The second kappa shape index (κ2) is 6.13. The lowest BCUT2D eigenvalue weighted by Crippen LogP contribution is -2.12. The summed E-state index contributed by atoms with van der Waals surface area (Å²) in [4.78, 5) is 11.0. The molecule has 1 aliphatic heterocycles. The molecule has 0 saturated heterocycles. The third kappa shape index (κ3) is 3.41. The zero-order valence-corrected chi connectivity index (χ0v) is 11.9. The zero-order valence-electron chi connectivity index (χ0n) is 11.1. The molecule has 2 rings (SSSR count). The fourth-order valence-electron chi connectivity index (χ4n) is 1.76. The van der Waals surface area contributed by atoms with Crippen molar-refractivity contribution in [2.24, 2.45) is 0 Å². The first-order chi connectivity index (χ1) is 9.55. The number of hydrogen-bond donors (Lipinski definition) is 0. The van der Waals surface area contributed by atoms with Crippen LogP contribution in [0.1, 0.15) is 23.7 Å². The van der Waals surface area contributed by atoms with Gasteiger partial charge in [0.1, 0.15) is 15.6 Å². The number of carbonyl (C=O) groups is 1. The van der Waals surface area contributed by atoms with Crippen LogP contribution in [0.5, 0.6) is 17.2 Å². The molecule has 0 radical (unpaired) electrons. The monoisotopic (exact) mass is 300 g/mol. The Balaban J connectivity index is 1.97. The van der Waals surface area contributed by atoms with Crippen molar-refractivity contribution >= 4 is 16.1 Å². The van der Waals surface area contributed by atoms with Crippen LogP contribution in [0.4, 0.5) is 0 Å². The van der Waals surface area contributed by atoms with E-state index in [1.807, 2.05) is 0 Å². The molecule has 1 aliphatic rings. The summed E-state index contributed by atoms with van der Waals surface area (Å²) in [7, 11) is -2.99. The van der Waals surface area contributed by atoms with Gasteiger partial charge in [-0.15, -0.1) is 0 Å². The summed E-state index contributed by atoms with van der Waals surface area (Å²) in [5.74, 6) is 1.60. The van der Waals surface area contributed by atoms with Crippen LogP contribution in [-0.2, 0) is 9.84 Å². The van der Waals surface area contributed by atoms with Gasteiger partial charge in [0.15, 0.2) is 17.8 Å². The van der Waals surface area contributed by atoms with Crippen LogP contribution in [-0.4, -0.2) is 39.6 Å². The Kier molecular flexibility index (Phi) is 4.49. The lowest BCUT2D eigenvalue weighted by molar-refractivity contribution is 0.111. The zero-order chi connectivity index (χ0) is 14.6. The molecule has 7 heteroatoms. The van der Waals surface area contributed by atoms with Gasteiger partial charge in [0.25, 0.3) is 0 Å². The van der Waals surface area contributed by atoms with E-state index in [0.717, 1.165) is 0 Å². The average Bonchev–Trinajstić information content (AvgIpc) is 2.89. The van der Waals surface area contributed by atoms with Crippen LogP contribution >= 0.6 is 0 Å². The molecule has 1 aromatic carbocycles. The second-order valence-corrected chi connectivity index (χ2v) is 6.77. The Morgan fingerprint density at radius 2 is 2.00 bits per heavy atom. The van der Waals surface area contributed by atoms with E-state index in [0.29, 0.717) is 35.5 Å². The highest BCUT2D eigenvalue weighted by Crippen LogP contribution is 2.37. The standard InChI is InChI=1S/C13H16O6S/c1-2-20(15,16)5-3-4-17-11-7-13-12(18-9-19-13)6-10(11)8-14/h6-8H,2-5,9H2,1H3. The van der Waals surface area contributed by atoms with Crippen LogP contribution in [0.25, 0.3) is 0 Å². The predicted octanol–water partition coefficient (Wildman–Crippen LogP) is 1.43. The van der Waals surface area contributed by atoms with Gasteiger partial charge in [-0.05, 0) is 12.5 Å². The number of rotatable bonds is 7. The number of ether oxygens (including phenoxy) is 3. The molecule has 6 nitrogen and oxygen atoms in total. The van der Waals surface area contributed by atoms with Crippen LogP contribution < -0.4 is 14.2 Å². The van der Waals surface area contributed by atoms with Gasteiger partial charge in [0, 0.05) is 11.8 Å². The van der Waals surface area contributed by atoms with Gasteiger partial charge in [-0.2, -0.15) is 0 Å². The van der Waals surface area contributed by atoms with Crippen molar-refractivity contribution in [1.29, 1.82) is 0 Å². The normalized spacial score (nSPS) is 13.2. The van der Waals surface area contributed by atoms with Gasteiger partial charge in [-0.3, -0.25) is 4.79 Å². The molecular formula is C13H16O6S. The fraction of sp³-hybridized carbons (Fsp3) is 0.462. The quantitative estimate of drug-likeness (QED) is 0.560. The number of carbonyl (C=O) groups excluding carboxylic acids is 1. The maximum Gasteiger partial charge on any atom is 0.231 e. The summed E-state index contributed by atoms with van der Waals surface area (Å²) < 4.78 is 38.5. The molecule has 1 aromatic rings. The lowest BCUT2D eigenvalue weighted by Gasteiger charge is -2.09. The third-order valence-corrected chi connectivity index (χ3v) is 4.72. The summed E-state index contributed by atoms with van der Waals surface area (Å²) in [6, 6.07) is 3.13. The topological polar surface area (TPSA) is 78.9 Å². The highest BCUT2D eigenvalue weighted by Gasteiger charge is 2.18. The number of aldehydes is 1. The van der Waals surface area contributed by atoms with E-state index >= 15 is 0 Å². The molecule has 0 bridgehead atoms. The molecular weight excluding hydrogens is 284 g/mol. The minimum atomic E-state index is -2.99. The van der Waals surface area contributed by atoms with Crippen molar-refractivity contribution in [3.8, 4) is 17.2 Å². The summed E-state index contributed by atoms with van der Waals surface area (Å²) in [6.45, 7) is 1.95. The van der Waals surface area contributed by atoms with Crippen molar-refractivity contribution in [2.45, 2.75) is 13.3 Å². The van der Waals surface area contributed by atoms with Crippen molar-refractivity contribution < 1.29 is 27.4 Å². The van der Waals surface area contributed by atoms with Crippen LogP contribution in [0, 0.1) is 0 Å². The van der Waals surface area contributed by atoms with Gasteiger partial charge in [-0.1, -0.05) is 6.92 Å². The molecule has 0 aromatic heterocycles. The minimum absolute atomic E-state index is 0.0739. The predicted molar refractivity (Wildman–Crippen MR) is 72.4 cm³/mol. The molecule has 0 amide bonds. The molecule has 20 heavy (non-hydrogen) atoms. The summed E-state index contributed by atoms with van der Waals surface area (Å²) in [5, 5.41) is 0. The molecule has 0 fully saturated rings. The molecule has 0 saturated carbocycles. The maximum atomic E-state index is 11.3. The number of fused-ring (bicyclic) bond motifs is 1. The number of benzene rings is 1. The summed E-state index contributed by atoms with van der Waals surface area (Å²) in [5.41, 5.74) is 0.354. The maximum absolute atomic E-state index is 11.3. The molecule has 0 unspecified atom stereocenters. The Bertz CT molecular complexity index is 593. The fourth-order valence-corrected chi connectivity index (χ4v) is 2.61. The number of hydrogen-bond acceptors (Lipinski definition) is 6. The Hall–Kier alpha value is -1.76. The van der Waals surface area contributed by atoms with E-state index in [-0.39, 0.29) is 24.9 Å². The Morgan fingerprint density at radius 3 is 2.65 bits per heavy atom. The van der Waals surface area contributed by atoms with Gasteiger partial charge >= 0.3 is 0 Å². The largest absolute Gasteiger partial charge is 0.493 e. The molecule has 0 N–H and O–H groups in total. The summed E-state index contributed by atoms with van der Waals surface area (Å²) in [6.07, 6.45) is 1.04. The average molecular weight is 300 g/mol.